The predicted octanol–water partition coefficient (Wildman–Crippen LogP) is 2.20. The molecule has 0 spiro atoms. The highest BCUT2D eigenvalue weighted by Crippen LogP contribution is 2.32. The minimum atomic E-state index is -4.62. The van der Waals surface area contributed by atoms with Crippen molar-refractivity contribution >= 4 is 46.9 Å². The number of amides is 3. The number of carbonyl (C=O) groups excluding carboxylic acids is 4. The molecule has 1 aromatic carbocycles. The van der Waals surface area contributed by atoms with Gasteiger partial charge in [-0.05, 0) is 19.1 Å². The summed E-state index contributed by atoms with van der Waals surface area (Å²) in [6.45, 7) is -1.42. The van der Waals surface area contributed by atoms with Crippen molar-refractivity contribution < 1.29 is 37.1 Å². The molecule has 1 aromatic rings. The first-order valence-electron chi connectivity index (χ1n) is 7.29. The van der Waals surface area contributed by atoms with Crippen LogP contribution in [0.3, 0.4) is 0 Å². The number of nitrogens with one attached hydrogen (secondary N) is 1. The zero-order valence-electron chi connectivity index (χ0n) is 13.5. The number of hydrogen-bond donors (Lipinski definition) is 1. The van der Waals surface area contributed by atoms with E-state index in [0.717, 1.165) is 0 Å². The van der Waals surface area contributed by atoms with Crippen LogP contribution in [-0.4, -0.2) is 54.0 Å². The number of rotatable bonds is 5. The van der Waals surface area contributed by atoms with E-state index < -0.39 is 49.1 Å². The number of halogens is 5. The van der Waals surface area contributed by atoms with Crippen molar-refractivity contribution in [3.63, 3.8) is 0 Å². The number of benzene rings is 1. The zero-order valence-corrected chi connectivity index (χ0v) is 15.0. The lowest BCUT2D eigenvalue weighted by atomic mass is 10.1. The smallest absolute Gasteiger partial charge is 0.405 e. The number of carbonyl (C=O) groups is 4. The van der Waals surface area contributed by atoms with Crippen molar-refractivity contribution in [2.24, 2.45) is 0 Å². The highest BCUT2D eigenvalue weighted by molar-refractivity contribution is 6.43. The molecule has 1 heterocycles. The number of hydrogen-bond acceptors (Lipinski definition) is 5. The molecule has 3 amide bonds. The zero-order chi connectivity index (χ0) is 20.5. The molecule has 0 saturated carbocycles. The van der Waals surface area contributed by atoms with Gasteiger partial charge in [0.25, 0.3) is 17.7 Å². The lowest BCUT2D eigenvalue weighted by Crippen LogP contribution is -2.45. The van der Waals surface area contributed by atoms with Crippen LogP contribution in [0, 0.1) is 0 Å². The third-order valence-corrected chi connectivity index (χ3v) is 4.24. The SMILES string of the molecule is CC(C(=O)OCC(=O)NCC(F)(F)F)N1C(=O)c2cc(Cl)c(Cl)cc2C1=O. The van der Waals surface area contributed by atoms with Crippen molar-refractivity contribution in [3.8, 4) is 0 Å². The van der Waals surface area contributed by atoms with Crippen LogP contribution < -0.4 is 5.32 Å². The van der Waals surface area contributed by atoms with Crippen LogP contribution in [0.1, 0.15) is 27.6 Å². The van der Waals surface area contributed by atoms with Crippen LogP contribution in [0.4, 0.5) is 13.2 Å². The molecule has 1 N–H and O–H groups in total. The monoisotopic (exact) mass is 426 g/mol. The van der Waals surface area contributed by atoms with Gasteiger partial charge < -0.3 is 10.1 Å². The van der Waals surface area contributed by atoms with Crippen molar-refractivity contribution in [3.05, 3.63) is 33.3 Å². The Labute approximate surface area is 160 Å². The molecule has 1 atom stereocenters. The van der Waals surface area contributed by atoms with Gasteiger partial charge in [-0.2, -0.15) is 13.2 Å². The molecule has 0 radical (unpaired) electrons. The largest absolute Gasteiger partial charge is 0.454 e. The Morgan fingerprint density at radius 3 is 2.07 bits per heavy atom. The average Bonchev–Trinajstić information content (AvgIpc) is 2.80. The van der Waals surface area contributed by atoms with E-state index in [-0.39, 0.29) is 21.2 Å². The number of imide groups is 1. The van der Waals surface area contributed by atoms with Gasteiger partial charge in [0.2, 0.25) is 0 Å². The lowest BCUT2D eigenvalue weighted by Gasteiger charge is -2.20. The summed E-state index contributed by atoms with van der Waals surface area (Å²) in [6.07, 6.45) is -4.62. The quantitative estimate of drug-likeness (QED) is 0.575. The predicted molar refractivity (Wildman–Crippen MR) is 86.4 cm³/mol. The molecule has 7 nitrogen and oxygen atoms in total. The van der Waals surface area contributed by atoms with Gasteiger partial charge in [0.1, 0.15) is 12.6 Å². The van der Waals surface area contributed by atoms with Crippen molar-refractivity contribution in [1.82, 2.24) is 10.2 Å². The van der Waals surface area contributed by atoms with Gasteiger partial charge in [-0.15, -0.1) is 0 Å². The maximum Gasteiger partial charge on any atom is 0.405 e. The standard InChI is InChI=1S/C15H11Cl2F3N2O5/c1-6(14(26)27-4-11(23)21-5-15(18,19)20)22-12(24)7-2-9(16)10(17)3-8(7)13(22)25/h2-3,6H,4-5H2,1H3,(H,21,23). The topological polar surface area (TPSA) is 92.8 Å². The molecular formula is C15H11Cl2F3N2O5. The Morgan fingerprint density at radius 2 is 1.63 bits per heavy atom. The molecule has 0 saturated heterocycles. The van der Waals surface area contributed by atoms with Crippen molar-refractivity contribution in [2.45, 2.75) is 19.1 Å². The fraction of sp³-hybridized carbons (Fsp3) is 0.333. The Morgan fingerprint density at radius 1 is 1.15 bits per heavy atom. The van der Waals surface area contributed by atoms with Crippen LogP contribution in [-0.2, 0) is 14.3 Å². The van der Waals surface area contributed by atoms with Crippen molar-refractivity contribution in [2.75, 3.05) is 13.2 Å². The molecule has 2 rings (SSSR count). The van der Waals surface area contributed by atoms with Gasteiger partial charge in [-0.3, -0.25) is 19.3 Å². The summed E-state index contributed by atoms with van der Waals surface area (Å²) in [4.78, 5) is 48.6. The van der Waals surface area contributed by atoms with E-state index in [0.29, 0.717) is 4.90 Å². The summed E-state index contributed by atoms with van der Waals surface area (Å²) in [5.41, 5.74) is -0.117. The van der Waals surface area contributed by atoms with Gasteiger partial charge in [-0.25, -0.2) is 4.79 Å². The third-order valence-electron chi connectivity index (χ3n) is 3.52. The van der Waals surface area contributed by atoms with E-state index in [1.54, 1.807) is 0 Å². The molecule has 1 aliphatic heterocycles. The molecular weight excluding hydrogens is 416 g/mol. The normalized spacial score (nSPS) is 14.8. The first-order chi connectivity index (χ1) is 12.4. The van der Waals surface area contributed by atoms with Crippen LogP contribution in [0.2, 0.25) is 10.0 Å². The van der Waals surface area contributed by atoms with Crippen molar-refractivity contribution in [1.29, 1.82) is 0 Å². The van der Waals surface area contributed by atoms with Crippen LogP contribution in [0.25, 0.3) is 0 Å². The number of fused-ring (bicyclic) bond motifs is 1. The number of nitrogens with zero attached hydrogens (tertiary/aromatic N) is 1. The molecule has 0 bridgehead atoms. The van der Waals surface area contributed by atoms with E-state index in [4.69, 9.17) is 23.2 Å². The summed E-state index contributed by atoms with van der Waals surface area (Å²) < 4.78 is 40.6. The second-order valence-electron chi connectivity index (χ2n) is 5.47. The first kappa shape index (κ1) is 21.0. The first-order valence-corrected chi connectivity index (χ1v) is 8.05. The van der Waals surface area contributed by atoms with Crippen LogP contribution >= 0.6 is 23.2 Å². The fourth-order valence-corrected chi connectivity index (χ4v) is 2.54. The summed E-state index contributed by atoms with van der Waals surface area (Å²) in [5.74, 6) is -3.98. The Kier molecular flexibility index (Phi) is 6.01. The van der Waals surface area contributed by atoms with Gasteiger partial charge in [0, 0.05) is 0 Å². The molecule has 1 unspecified atom stereocenters. The number of ether oxygens (including phenoxy) is 1. The fourth-order valence-electron chi connectivity index (χ4n) is 2.22. The van der Waals surface area contributed by atoms with E-state index in [9.17, 15) is 32.3 Å². The summed E-state index contributed by atoms with van der Waals surface area (Å²) in [5, 5.41) is 1.59. The second-order valence-corrected chi connectivity index (χ2v) is 6.28. The van der Waals surface area contributed by atoms with Crippen LogP contribution in [0.15, 0.2) is 12.1 Å². The maximum absolute atomic E-state index is 12.4. The van der Waals surface area contributed by atoms with Crippen LogP contribution in [0.5, 0.6) is 0 Å². The minimum Gasteiger partial charge on any atom is -0.454 e. The third kappa shape index (κ3) is 4.69. The number of esters is 1. The van der Waals surface area contributed by atoms with E-state index >= 15 is 0 Å². The summed E-state index contributed by atoms with van der Waals surface area (Å²) in [7, 11) is 0. The molecule has 146 valence electrons. The molecule has 12 heteroatoms. The summed E-state index contributed by atoms with van der Waals surface area (Å²) >= 11 is 11.6. The Bertz CT molecular complexity index is 787. The highest BCUT2D eigenvalue weighted by Gasteiger charge is 2.42. The molecule has 1 aliphatic rings. The van der Waals surface area contributed by atoms with Gasteiger partial charge in [0.15, 0.2) is 6.61 Å². The molecule has 0 aliphatic carbocycles. The Balaban J connectivity index is 2.02. The van der Waals surface area contributed by atoms with E-state index in [1.807, 2.05) is 0 Å². The second kappa shape index (κ2) is 7.73. The number of alkyl halides is 3. The van der Waals surface area contributed by atoms with Gasteiger partial charge >= 0.3 is 12.1 Å². The van der Waals surface area contributed by atoms with Gasteiger partial charge in [0.05, 0.1) is 21.2 Å². The molecule has 0 fully saturated rings. The van der Waals surface area contributed by atoms with Gasteiger partial charge in [-0.1, -0.05) is 23.2 Å². The minimum absolute atomic E-state index is 0.0370. The lowest BCUT2D eigenvalue weighted by molar-refractivity contribution is -0.154. The molecule has 27 heavy (non-hydrogen) atoms. The molecule has 0 aromatic heterocycles. The van der Waals surface area contributed by atoms with E-state index in [1.165, 1.54) is 24.4 Å². The average molecular weight is 427 g/mol. The van der Waals surface area contributed by atoms with E-state index in [2.05, 4.69) is 4.74 Å². The maximum atomic E-state index is 12.4. The summed E-state index contributed by atoms with van der Waals surface area (Å²) in [6, 6.07) is 0.940. The Hall–Kier alpha value is -2.33. The highest BCUT2D eigenvalue weighted by atomic mass is 35.5.